The molecule has 0 radical (unpaired) electrons. The first-order valence-corrected chi connectivity index (χ1v) is 10.7. The Bertz CT molecular complexity index is 626. The Hall–Kier alpha value is -1.42. The fourth-order valence-electron chi connectivity index (χ4n) is 6.38. The van der Waals surface area contributed by atoms with E-state index in [2.05, 4.69) is 20.9 Å². The summed E-state index contributed by atoms with van der Waals surface area (Å²) in [6, 6.07) is 4.72. The molecule has 2 saturated carbocycles. The summed E-state index contributed by atoms with van der Waals surface area (Å²) in [4.78, 5) is 22.4. The van der Waals surface area contributed by atoms with Crippen LogP contribution in [0.2, 0.25) is 0 Å². The molecule has 1 amide bonds. The molecule has 1 aromatic rings. The Morgan fingerprint density at radius 2 is 1.77 bits per heavy atom. The van der Waals surface area contributed by atoms with Gasteiger partial charge in [-0.25, -0.2) is 0 Å². The second-order valence-corrected chi connectivity index (χ2v) is 9.33. The normalized spacial score (nSPS) is 34.8. The van der Waals surface area contributed by atoms with Gasteiger partial charge in [0, 0.05) is 37.4 Å². The quantitative estimate of drug-likeness (QED) is 0.836. The lowest BCUT2D eigenvalue weighted by Gasteiger charge is -2.40. The predicted molar refractivity (Wildman–Crippen MR) is 101 cm³/mol. The molecule has 0 spiro atoms. The standard InChI is InChI=1S/C22H31N3O/c26-22(25-15-19-9-17-8-18(10-19)12-21(25)11-17)20-3-6-24(7-4-20)14-16-2-1-5-23-13-16/h1-2,5,13,17-21H,3-4,6-12,14-15H2/t17-,18+,19?,21?. The van der Waals surface area contributed by atoms with Gasteiger partial charge in [0.2, 0.25) is 5.91 Å². The molecule has 6 rings (SSSR count). The van der Waals surface area contributed by atoms with E-state index in [1.165, 1.54) is 37.7 Å². The Kier molecular flexibility index (Phi) is 4.48. The minimum Gasteiger partial charge on any atom is -0.339 e. The number of carbonyl (C=O) groups excluding carboxylic acids is 1. The number of piperidine rings is 1. The van der Waals surface area contributed by atoms with Crippen LogP contribution in [0.25, 0.3) is 0 Å². The van der Waals surface area contributed by atoms with Crippen molar-refractivity contribution in [2.45, 2.75) is 57.5 Å². The van der Waals surface area contributed by atoms with E-state index < -0.39 is 0 Å². The lowest BCUT2D eigenvalue weighted by Crippen LogP contribution is -2.47. The minimum absolute atomic E-state index is 0.260. The molecule has 0 N–H and O–H groups in total. The van der Waals surface area contributed by atoms with Crippen molar-refractivity contribution in [3.05, 3.63) is 30.1 Å². The second kappa shape index (κ2) is 6.95. The largest absolute Gasteiger partial charge is 0.339 e. The third kappa shape index (κ3) is 3.28. The first-order valence-electron chi connectivity index (χ1n) is 10.7. The molecule has 0 aromatic carbocycles. The average molecular weight is 354 g/mol. The number of rotatable bonds is 3. The number of carbonyl (C=O) groups is 1. The van der Waals surface area contributed by atoms with Gasteiger partial charge in [-0.1, -0.05) is 6.07 Å². The van der Waals surface area contributed by atoms with E-state index in [0.29, 0.717) is 11.9 Å². The number of amides is 1. The molecule has 4 heteroatoms. The van der Waals surface area contributed by atoms with Crippen molar-refractivity contribution in [2.24, 2.45) is 23.7 Å². The number of pyridine rings is 1. The van der Waals surface area contributed by atoms with Gasteiger partial charge in [-0.05, 0) is 87.4 Å². The van der Waals surface area contributed by atoms with Crippen molar-refractivity contribution in [3.63, 3.8) is 0 Å². The maximum Gasteiger partial charge on any atom is 0.226 e. The first kappa shape index (κ1) is 16.7. The molecule has 4 atom stereocenters. The van der Waals surface area contributed by atoms with Crippen molar-refractivity contribution >= 4 is 5.91 Å². The SMILES string of the molecule is O=C(C1CCN(Cc2cccnc2)CC1)N1CC2C[C@@H]3CC1C[C@H](C2)C3. The fraction of sp³-hybridized carbons (Fsp3) is 0.727. The van der Waals surface area contributed by atoms with Crippen LogP contribution in [0.5, 0.6) is 0 Å². The number of aromatic nitrogens is 1. The summed E-state index contributed by atoms with van der Waals surface area (Å²) in [6.45, 7) is 4.11. The Morgan fingerprint density at radius 3 is 2.46 bits per heavy atom. The van der Waals surface area contributed by atoms with Crippen LogP contribution in [-0.4, -0.2) is 46.4 Å². The van der Waals surface area contributed by atoms with Gasteiger partial charge < -0.3 is 4.90 Å². The zero-order valence-corrected chi connectivity index (χ0v) is 15.7. The highest BCUT2D eigenvalue weighted by atomic mass is 16.2. The smallest absolute Gasteiger partial charge is 0.226 e. The maximum absolute atomic E-state index is 13.3. The van der Waals surface area contributed by atoms with Crippen LogP contribution in [0.1, 0.15) is 50.5 Å². The lowest BCUT2D eigenvalue weighted by atomic mass is 9.68. The van der Waals surface area contributed by atoms with Gasteiger partial charge in [-0.15, -0.1) is 0 Å². The molecule has 4 heterocycles. The van der Waals surface area contributed by atoms with Crippen LogP contribution in [0.4, 0.5) is 0 Å². The zero-order chi connectivity index (χ0) is 17.5. The van der Waals surface area contributed by atoms with Crippen LogP contribution < -0.4 is 0 Å². The summed E-state index contributed by atoms with van der Waals surface area (Å²) in [5, 5.41) is 0. The van der Waals surface area contributed by atoms with Gasteiger partial charge in [-0.3, -0.25) is 14.7 Å². The highest BCUT2D eigenvalue weighted by Crippen LogP contribution is 2.47. The molecular formula is C22H31N3O. The van der Waals surface area contributed by atoms with E-state index in [0.717, 1.165) is 56.8 Å². The number of nitrogens with zero attached hydrogens (tertiary/aromatic N) is 3. The summed E-state index contributed by atoms with van der Waals surface area (Å²) < 4.78 is 0. The Labute approximate surface area is 157 Å². The maximum atomic E-state index is 13.3. The van der Waals surface area contributed by atoms with Crippen LogP contribution in [0.15, 0.2) is 24.5 Å². The summed E-state index contributed by atoms with van der Waals surface area (Å²) in [7, 11) is 0. The number of likely N-dealkylation sites (tertiary alicyclic amines) is 1. The summed E-state index contributed by atoms with van der Waals surface area (Å²) >= 11 is 0. The van der Waals surface area contributed by atoms with Gasteiger partial charge >= 0.3 is 0 Å². The molecule has 3 saturated heterocycles. The number of hydrogen-bond acceptors (Lipinski definition) is 3. The molecular weight excluding hydrogens is 322 g/mol. The van der Waals surface area contributed by atoms with E-state index in [1.54, 1.807) is 0 Å². The molecule has 140 valence electrons. The van der Waals surface area contributed by atoms with E-state index in [9.17, 15) is 4.79 Å². The highest BCUT2D eigenvalue weighted by molar-refractivity contribution is 5.79. The molecule has 1 aromatic heterocycles. The Balaban J connectivity index is 1.19. The molecule has 26 heavy (non-hydrogen) atoms. The topological polar surface area (TPSA) is 36.4 Å². The molecule has 5 aliphatic rings. The first-order chi connectivity index (χ1) is 12.7. The third-order valence-electron chi connectivity index (χ3n) is 7.46. The highest BCUT2D eigenvalue weighted by Gasteiger charge is 2.45. The lowest BCUT2D eigenvalue weighted by molar-refractivity contribution is -0.140. The van der Waals surface area contributed by atoms with Crippen molar-refractivity contribution in [3.8, 4) is 0 Å². The van der Waals surface area contributed by atoms with Crippen molar-refractivity contribution in [1.29, 1.82) is 0 Å². The number of hydrogen-bond donors (Lipinski definition) is 0. The van der Waals surface area contributed by atoms with Gasteiger partial charge in [0.15, 0.2) is 0 Å². The molecule has 2 unspecified atom stereocenters. The van der Waals surface area contributed by atoms with Crippen LogP contribution >= 0.6 is 0 Å². The Morgan fingerprint density at radius 1 is 1.04 bits per heavy atom. The van der Waals surface area contributed by atoms with Crippen molar-refractivity contribution < 1.29 is 4.79 Å². The van der Waals surface area contributed by atoms with Gasteiger partial charge in [0.05, 0.1) is 0 Å². The molecule has 2 aliphatic carbocycles. The molecule has 3 aliphatic heterocycles. The van der Waals surface area contributed by atoms with Crippen LogP contribution in [0, 0.1) is 23.7 Å². The van der Waals surface area contributed by atoms with Crippen molar-refractivity contribution in [1.82, 2.24) is 14.8 Å². The summed E-state index contributed by atoms with van der Waals surface area (Å²) in [5.74, 6) is 3.37. The molecule has 4 nitrogen and oxygen atoms in total. The summed E-state index contributed by atoms with van der Waals surface area (Å²) in [5.41, 5.74) is 1.28. The minimum atomic E-state index is 0.260. The summed E-state index contributed by atoms with van der Waals surface area (Å²) in [6.07, 6.45) is 12.6. The fourth-order valence-corrected chi connectivity index (χ4v) is 6.38. The van der Waals surface area contributed by atoms with E-state index in [4.69, 9.17) is 0 Å². The van der Waals surface area contributed by atoms with E-state index in [1.807, 2.05) is 18.5 Å². The van der Waals surface area contributed by atoms with E-state index >= 15 is 0 Å². The average Bonchev–Trinajstić information content (AvgIpc) is 2.86. The van der Waals surface area contributed by atoms with Gasteiger partial charge in [-0.2, -0.15) is 0 Å². The molecule has 5 fully saturated rings. The predicted octanol–water partition coefficient (Wildman–Crippen LogP) is 3.33. The number of fused-ring (bicyclic) bond motifs is 1. The van der Waals surface area contributed by atoms with E-state index in [-0.39, 0.29) is 5.92 Å². The zero-order valence-electron chi connectivity index (χ0n) is 15.7. The third-order valence-corrected chi connectivity index (χ3v) is 7.46. The van der Waals surface area contributed by atoms with Crippen LogP contribution in [0.3, 0.4) is 0 Å². The second-order valence-electron chi connectivity index (χ2n) is 9.33. The van der Waals surface area contributed by atoms with Gasteiger partial charge in [0.1, 0.15) is 0 Å². The van der Waals surface area contributed by atoms with Gasteiger partial charge in [0.25, 0.3) is 0 Å². The molecule has 4 bridgehead atoms. The monoisotopic (exact) mass is 353 g/mol. The van der Waals surface area contributed by atoms with Crippen LogP contribution in [-0.2, 0) is 11.3 Å². The van der Waals surface area contributed by atoms with Crippen molar-refractivity contribution in [2.75, 3.05) is 19.6 Å².